The molecule has 0 atom stereocenters. The van der Waals surface area contributed by atoms with Crippen molar-refractivity contribution in [3.05, 3.63) is 33.2 Å². The fraction of sp³-hybridized carbons (Fsp3) is 0.167. The van der Waals surface area contributed by atoms with E-state index < -0.39 is 6.67 Å². The number of aromatic amines is 1. The fourth-order valence-electron chi connectivity index (χ4n) is 1.75. The molecule has 0 radical (unpaired) electrons. The molecular formula is C12H9FN2OS3. The number of rotatable bonds is 4. The first-order valence-corrected chi connectivity index (χ1v) is 8.28. The normalized spacial score (nSPS) is 11.2. The first kappa shape index (κ1) is 12.8. The summed E-state index contributed by atoms with van der Waals surface area (Å²) in [6.07, 6.45) is 0. The Kier molecular flexibility index (Phi) is 3.67. The monoisotopic (exact) mass is 312 g/mol. The Labute approximate surface area is 120 Å². The van der Waals surface area contributed by atoms with Crippen molar-refractivity contribution in [3.8, 4) is 10.4 Å². The molecule has 0 amide bonds. The van der Waals surface area contributed by atoms with E-state index in [1.54, 1.807) is 11.3 Å². The maximum Gasteiger partial charge on any atom is 0.260 e. The molecule has 0 fully saturated rings. The Morgan fingerprint density at radius 3 is 3.05 bits per heavy atom. The summed E-state index contributed by atoms with van der Waals surface area (Å²) in [6.45, 7) is -0.433. The first-order valence-electron chi connectivity index (χ1n) is 5.54. The largest absolute Gasteiger partial charge is 0.301 e. The molecule has 0 aliphatic rings. The highest BCUT2D eigenvalue weighted by Gasteiger charge is 2.13. The third-order valence-corrected chi connectivity index (χ3v) is 5.13. The van der Waals surface area contributed by atoms with Gasteiger partial charge in [0.05, 0.1) is 12.1 Å². The lowest BCUT2D eigenvalue weighted by Gasteiger charge is -1.99. The molecule has 3 nitrogen and oxygen atoms in total. The van der Waals surface area contributed by atoms with E-state index in [1.807, 2.05) is 22.9 Å². The number of aromatic nitrogens is 2. The molecule has 3 aromatic rings. The van der Waals surface area contributed by atoms with Crippen molar-refractivity contribution in [1.29, 1.82) is 0 Å². The highest BCUT2D eigenvalue weighted by molar-refractivity contribution is 7.99. The van der Waals surface area contributed by atoms with E-state index in [0.29, 0.717) is 21.1 Å². The average Bonchev–Trinajstić information content (AvgIpc) is 3.04. The topological polar surface area (TPSA) is 45.8 Å². The molecule has 0 spiro atoms. The highest BCUT2D eigenvalue weighted by atomic mass is 32.2. The minimum Gasteiger partial charge on any atom is -0.301 e. The molecule has 3 rings (SSSR count). The number of nitrogens with zero attached hydrogens (tertiary/aromatic N) is 1. The second-order valence-corrected chi connectivity index (χ2v) is 6.60. The number of H-pyrrole nitrogens is 1. The molecule has 0 saturated heterocycles. The van der Waals surface area contributed by atoms with Gasteiger partial charge in [-0.1, -0.05) is 17.8 Å². The van der Waals surface area contributed by atoms with Gasteiger partial charge in [-0.2, -0.15) is 0 Å². The number of alkyl halides is 1. The van der Waals surface area contributed by atoms with Gasteiger partial charge in [0.25, 0.3) is 5.56 Å². The molecule has 0 aliphatic heterocycles. The number of thioether (sulfide) groups is 1. The van der Waals surface area contributed by atoms with Crippen LogP contribution in [0.5, 0.6) is 0 Å². The molecule has 0 bridgehead atoms. The van der Waals surface area contributed by atoms with Gasteiger partial charge >= 0.3 is 0 Å². The Morgan fingerprint density at radius 1 is 1.42 bits per heavy atom. The summed E-state index contributed by atoms with van der Waals surface area (Å²) in [5.74, 6) is 0.303. The third-order valence-electron chi connectivity index (χ3n) is 2.52. The highest BCUT2D eigenvalue weighted by Crippen LogP contribution is 2.33. The number of fused-ring (bicyclic) bond motifs is 1. The number of thiophene rings is 2. The Hall–Kier alpha value is -1.18. The van der Waals surface area contributed by atoms with E-state index in [-0.39, 0.29) is 5.56 Å². The van der Waals surface area contributed by atoms with Crippen LogP contribution < -0.4 is 5.56 Å². The Bertz CT molecular complexity index is 748. The first-order chi connectivity index (χ1) is 9.29. The van der Waals surface area contributed by atoms with Crippen LogP contribution in [0, 0.1) is 0 Å². The molecule has 19 heavy (non-hydrogen) atoms. The number of nitrogens with one attached hydrogen (secondary N) is 1. The van der Waals surface area contributed by atoms with Crippen LogP contribution in [0.25, 0.3) is 20.7 Å². The zero-order valence-electron chi connectivity index (χ0n) is 9.68. The van der Waals surface area contributed by atoms with Gasteiger partial charge in [-0.3, -0.25) is 9.18 Å². The van der Waals surface area contributed by atoms with E-state index in [2.05, 4.69) is 9.97 Å². The van der Waals surface area contributed by atoms with Crippen molar-refractivity contribution in [2.45, 2.75) is 5.16 Å². The number of hydrogen-bond acceptors (Lipinski definition) is 5. The van der Waals surface area contributed by atoms with E-state index in [4.69, 9.17) is 0 Å². The summed E-state index contributed by atoms with van der Waals surface area (Å²) in [7, 11) is 0. The molecule has 1 N–H and O–H groups in total. The summed E-state index contributed by atoms with van der Waals surface area (Å²) in [6, 6.07) is 3.94. The summed E-state index contributed by atoms with van der Waals surface area (Å²) >= 11 is 4.26. The predicted octanol–water partition coefficient (Wildman–Crippen LogP) is 3.77. The molecule has 0 saturated carbocycles. The minimum atomic E-state index is -0.433. The third kappa shape index (κ3) is 2.45. The maximum atomic E-state index is 12.1. The van der Waals surface area contributed by atoms with Gasteiger partial charge in [-0.15, -0.1) is 22.7 Å². The van der Waals surface area contributed by atoms with Crippen LogP contribution in [0.4, 0.5) is 4.39 Å². The standard InChI is InChI=1S/C12H9FN2OS3/c13-3-5-18-12-14-10(16)9-7(6-19-11(9)15-12)8-2-1-4-17-8/h1-2,4,6H,3,5H2,(H,14,15,16). The summed E-state index contributed by atoms with van der Waals surface area (Å²) in [5.41, 5.74) is 0.766. The van der Waals surface area contributed by atoms with Crippen LogP contribution in [-0.4, -0.2) is 22.4 Å². The minimum absolute atomic E-state index is 0.156. The van der Waals surface area contributed by atoms with Crippen LogP contribution in [0.1, 0.15) is 0 Å². The molecular weight excluding hydrogens is 303 g/mol. The van der Waals surface area contributed by atoms with E-state index in [1.165, 1.54) is 23.1 Å². The van der Waals surface area contributed by atoms with Crippen molar-refractivity contribution in [2.24, 2.45) is 0 Å². The molecule has 98 valence electrons. The van der Waals surface area contributed by atoms with Gasteiger partial charge in [0.1, 0.15) is 4.83 Å². The summed E-state index contributed by atoms with van der Waals surface area (Å²) in [5, 5.41) is 5.03. The van der Waals surface area contributed by atoms with Crippen LogP contribution in [0.2, 0.25) is 0 Å². The molecule has 3 heterocycles. The molecule has 0 unspecified atom stereocenters. The quantitative estimate of drug-likeness (QED) is 0.589. The lowest BCUT2D eigenvalue weighted by Crippen LogP contribution is -2.08. The van der Waals surface area contributed by atoms with Gasteiger partial charge in [0.15, 0.2) is 5.16 Å². The van der Waals surface area contributed by atoms with Gasteiger partial charge in [0.2, 0.25) is 0 Å². The van der Waals surface area contributed by atoms with Crippen LogP contribution in [-0.2, 0) is 0 Å². The van der Waals surface area contributed by atoms with E-state index >= 15 is 0 Å². The predicted molar refractivity (Wildman–Crippen MR) is 80.3 cm³/mol. The van der Waals surface area contributed by atoms with Crippen molar-refractivity contribution in [1.82, 2.24) is 9.97 Å². The SMILES string of the molecule is O=c1[nH]c(SCCF)nc2scc(-c3cccs3)c12. The fourth-order valence-corrected chi connectivity index (χ4v) is 4.16. The summed E-state index contributed by atoms with van der Waals surface area (Å²) in [4.78, 5) is 21.0. The average molecular weight is 312 g/mol. The van der Waals surface area contributed by atoms with Crippen molar-refractivity contribution >= 4 is 44.7 Å². The zero-order chi connectivity index (χ0) is 13.2. The van der Waals surface area contributed by atoms with Crippen molar-refractivity contribution in [2.75, 3.05) is 12.4 Å². The molecule has 7 heteroatoms. The zero-order valence-corrected chi connectivity index (χ0v) is 12.1. The maximum absolute atomic E-state index is 12.1. The molecule has 0 aromatic carbocycles. The van der Waals surface area contributed by atoms with Crippen LogP contribution in [0.15, 0.2) is 32.8 Å². The lowest BCUT2D eigenvalue weighted by atomic mass is 10.2. The van der Waals surface area contributed by atoms with E-state index in [9.17, 15) is 9.18 Å². The van der Waals surface area contributed by atoms with Gasteiger partial charge in [-0.05, 0) is 11.4 Å². The second kappa shape index (κ2) is 5.44. The Morgan fingerprint density at radius 2 is 2.32 bits per heavy atom. The lowest BCUT2D eigenvalue weighted by molar-refractivity contribution is 0.532. The Balaban J connectivity index is 2.12. The van der Waals surface area contributed by atoms with Gasteiger partial charge in [-0.25, -0.2) is 4.98 Å². The molecule has 0 aliphatic carbocycles. The number of hydrogen-bond donors (Lipinski definition) is 1. The van der Waals surface area contributed by atoms with Crippen molar-refractivity contribution in [3.63, 3.8) is 0 Å². The van der Waals surface area contributed by atoms with Crippen molar-refractivity contribution < 1.29 is 4.39 Å². The van der Waals surface area contributed by atoms with Crippen LogP contribution in [0.3, 0.4) is 0 Å². The van der Waals surface area contributed by atoms with Crippen LogP contribution >= 0.6 is 34.4 Å². The van der Waals surface area contributed by atoms with Gasteiger partial charge < -0.3 is 4.98 Å². The van der Waals surface area contributed by atoms with Gasteiger partial charge in [0, 0.05) is 21.6 Å². The second-order valence-electron chi connectivity index (χ2n) is 3.72. The number of halogens is 1. The molecule has 3 aromatic heterocycles. The smallest absolute Gasteiger partial charge is 0.260 e. The van der Waals surface area contributed by atoms with E-state index in [0.717, 1.165) is 10.4 Å². The summed E-state index contributed by atoms with van der Waals surface area (Å²) < 4.78 is 12.1.